The second-order valence-electron chi connectivity index (χ2n) is 4.81. The lowest BCUT2D eigenvalue weighted by Crippen LogP contribution is -2.30. The Balaban J connectivity index is 2.23. The van der Waals surface area contributed by atoms with E-state index in [2.05, 4.69) is 15.3 Å². The molecule has 7 heteroatoms. The first kappa shape index (κ1) is 15.9. The summed E-state index contributed by atoms with van der Waals surface area (Å²) in [6, 6.07) is 5.27. The zero-order valence-electron chi connectivity index (χ0n) is 12.3. The molecule has 0 aliphatic heterocycles. The van der Waals surface area contributed by atoms with Crippen LogP contribution in [0, 0.1) is 5.41 Å². The number of nitrogens with one attached hydrogen (secondary N) is 2. The number of halogens is 1. The summed E-state index contributed by atoms with van der Waals surface area (Å²) in [6.45, 7) is 0.162. The number of nitrogens with zero attached hydrogens (tertiary/aromatic N) is 3. The van der Waals surface area contributed by atoms with Crippen molar-refractivity contribution in [1.29, 1.82) is 5.41 Å². The van der Waals surface area contributed by atoms with E-state index in [1.807, 2.05) is 0 Å². The summed E-state index contributed by atoms with van der Waals surface area (Å²) in [5.74, 6) is -0.0503. The zero-order valence-corrected chi connectivity index (χ0v) is 13.1. The van der Waals surface area contributed by atoms with Gasteiger partial charge >= 0.3 is 0 Å². The number of amides is 1. The molecule has 0 saturated heterocycles. The predicted molar refractivity (Wildman–Crippen MR) is 88.0 cm³/mol. The van der Waals surface area contributed by atoms with Crippen molar-refractivity contribution in [3.63, 3.8) is 0 Å². The van der Waals surface area contributed by atoms with E-state index in [-0.39, 0.29) is 12.5 Å². The fraction of sp³-hybridized carbons (Fsp3) is 0.200. The first-order valence-corrected chi connectivity index (χ1v) is 6.96. The van der Waals surface area contributed by atoms with Gasteiger partial charge in [-0.05, 0) is 18.2 Å². The molecule has 22 heavy (non-hydrogen) atoms. The van der Waals surface area contributed by atoms with Crippen LogP contribution in [-0.2, 0) is 4.79 Å². The first-order chi connectivity index (χ1) is 10.5. The third-order valence-electron chi connectivity index (χ3n) is 3.00. The Hall–Kier alpha value is -2.47. The largest absolute Gasteiger partial charge is 0.382 e. The number of fused-ring (bicyclic) bond motifs is 1. The van der Waals surface area contributed by atoms with E-state index in [1.165, 1.54) is 11.1 Å². The Kier molecular flexibility index (Phi) is 5.06. The third kappa shape index (κ3) is 3.79. The summed E-state index contributed by atoms with van der Waals surface area (Å²) in [5.41, 5.74) is 2.71. The van der Waals surface area contributed by atoms with Crippen LogP contribution in [0.2, 0.25) is 5.15 Å². The molecule has 0 atom stereocenters. The highest BCUT2D eigenvalue weighted by atomic mass is 35.5. The molecule has 0 saturated carbocycles. The number of likely N-dealkylation sites (N-methyl/N-ethyl adjacent to an activating group) is 1. The van der Waals surface area contributed by atoms with E-state index in [0.29, 0.717) is 16.2 Å². The molecule has 2 rings (SSSR count). The molecular weight excluding hydrogens is 302 g/mol. The minimum atomic E-state index is -0.0503. The number of hydrogen-bond donors (Lipinski definition) is 2. The number of pyridine rings is 2. The van der Waals surface area contributed by atoms with Crippen LogP contribution in [0.25, 0.3) is 16.6 Å². The van der Waals surface area contributed by atoms with Gasteiger partial charge in [0.25, 0.3) is 0 Å². The molecule has 0 spiro atoms. The Morgan fingerprint density at radius 3 is 2.86 bits per heavy atom. The highest BCUT2D eigenvalue weighted by Crippen LogP contribution is 2.18. The van der Waals surface area contributed by atoms with Gasteiger partial charge in [-0.3, -0.25) is 9.78 Å². The van der Waals surface area contributed by atoms with Gasteiger partial charge in [-0.1, -0.05) is 11.6 Å². The van der Waals surface area contributed by atoms with Crippen LogP contribution in [0.3, 0.4) is 0 Å². The van der Waals surface area contributed by atoms with Crippen molar-refractivity contribution in [3.8, 4) is 0 Å². The molecule has 2 N–H and O–H groups in total. The van der Waals surface area contributed by atoms with Crippen molar-refractivity contribution >= 4 is 40.3 Å². The molecule has 2 aromatic rings. The van der Waals surface area contributed by atoms with Crippen molar-refractivity contribution in [2.45, 2.75) is 0 Å². The normalized spacial score (nSPS) is 11.3. The van der Waals surface area contributed by atoms with Crippen molar-refractivity contribution in [2.75, 3.05) is 20.6 Å². The van der Waals surface area contributed by atoms with E-state index < -0.39 is 0 Å². The van der Waals surface area contributed by atoms with Crippen LogP contribution in [0.1, 0.15) is 5.56 Å². The number of aromatic nitrogens is 2. The SMILES string of the molecule is CN(C)C(=O)CN/C=C(\C=N)c1cnc2ccc(Cl)nc2c1. The lowest BCUT2D eigenvalue weighted by molar-refractivity contribution is -0.127. The number of hydrogen-bond acceptors (Lipinski definition) is 5. The molecule has 0 aliphatic rings. The van der Waals surface area contributed by atoms with Crippen molar-refractivity contribution < 1.29 is 4.79 Å². The molecule has 0 aliphatic carbocycles. The molecule has 2 aromatic heterocycles. The van der Waals surface area contributed by atoms with Gasteiger partial charge < -0.3 is 15.6 Å². The highest BCUT2D eigenvalue weighted by Gasteiger charge is 2.05. The van der Waals surface area contributed by atoms with Gasteiger partial charge in [0, 0.05) is 43.8 Å². The monoisotopic (exact) mass is 317 g/mol. The summed E-state index contributed by atoms with van der Waals surface area (Å²) in [6.07, 6.45) is 4.46. The maximum absolute atomic E-state index is 11.5. The molecular formula is C15H16ClN5O. The standard InChI is InChI=1S/C15H16ClN5O/c1-21(2)15(22)9-18-7-11(6-17)10-5-13-12(19-8-10)3-4-14(16)20-13/h3-8,17-18H,9H2,1-2H3/b11-7+,17-6?. The molecule has 1 amide bonds. The summed E-state index contributed by atoms with van der Waals surface area (Å²) >= 11 is 5.88. The van der Waals surface area contributed by atoms with Gasteiger partial charge in [0.2, 0.25) is 5.91 Å². The van der Waals surface area contributed by atoms with E-state index in [9.17, 15) is 4.79 Å². The van der Waals surface area contributed by atoms with E-state index in [4.69, 9.17) is 17.0 Å². The van der Waals surface area contributed by atoms with Gasteiger partial charge in [-0.2, -0.15) is 0 Å². The van der Waals surface area contributed by atoms with Crippen LogP contribution in [-0.4, -0.2) is 47.6 Å². The van der Waals surface area contributed by atoms with E-state index in [1.54, 1.807) is 44.7 Å². The summed E-state index contributed by atoms with van der Waals surface area (Å²) in [5, 5.41) is 10.8. The van der Waals surface area contributed by atoms with Gasteiger partial charge in [-0.25, -0.2) is 4.98 Å². The molecule has 2 heterocycles. The average Bonchev–Trinajstić information content (AvgIpc) is 2.50. The molecule has 0 aromatic carbocycles. The fourth-order valence-electron chi connectivity index (χ4n) is 1.75. The smallest absolute Gasteiger partial charge is 0.241 e. The zero-order chi connectivity index (χ0) is 16.1. The van der Waals surface area contributed by atoms with Crippen LogP contribution in [0.15, 0.2) is 30.6 Å². The predicted octanol–water partition coefficient (Wildman–Crippen LogP) is 1.95. The van der Waals surface area contributed by atoms with E-state index in [0.717, 1.165) is 11.1 Å². The van der Waals surface area contributed by atoms with Crippen molar-refractivity contribution in [2.24, 2.45) is 0 Å². The fourth-order valence-corrected chi connectivity index (χ4v) is 1.91. The van der Waals surface area contributed by atoms with Crippen LogP contribution in [0.5, 0.6) is 0 Å². The molecule has 114 valence electrons. The highest BCUT2D eigenvalue weighted by molar-refractivity contribution is 6.29. The van der Waals surface area contributed by atoms with Gasteiger partial charge in [0.15, 0.2) is 0 Å². The van der Waals surface area contributed by atoms with Crippen molar-refractivity contribution in [1.82, 2.24) is 20.2 Å². The number of rotatable bonds is 5. The number of allylic oxidation sites excluding steroid dienone is 1. The van der Waals surface area contributed by atoms with Crippen LogP contribution < -0.4 is 5.32 Å². The Morgan fingerprint density at radius 2 is 2.18 bits per heavy atom. The molecule has 0 fully saturated rings. The van der Waals surface area contributed by atoms with Crippen LogP contribution >= 0.6 is 11.6 Å². The van der Waals surface area contributed by atoms with Gasteiger partial charge in [0.05, 0.1) is 17.6 Å². The van der Waals surface area contributed by atoms with Crippen molar-refractivity contribution in [3.05, 3.63) is 41.3 Å². The first-order valence-electron chi connectivity index (χ1n) is 6.58. The molecule has 0 bridgehead atoms. The molecule has 6 nitrogen and oxygen atoms in total. The summed E-state index contributed by atoms with van der Waals surface area (Å²) in [4.78, 5) is 21.5. The van der Waals surface area contributed by atoms with Crippen LogP contribution in [0.4, 0.5) is 0 Å². The second kappa shape index (κ2) is 7.00. The average molecular weight is 318 g/mol. The minimum absolute atomic E-state index is 0.0503. The molecule has 0 unspecified atom stereocenters. The quantitative estimate of drug-likeness (QED) is 0.652. The van der Waals surface area contributed by atoms with E-state index >= 15 is 0 Å². The lowest BCUT2D eigenvalue weighted by atomic mass is 10.1. The number of carbonyl (C=O) groups is 1. The summed E-state index contributed by atoms with van der Waals surface area (Å²) < 4.78 is 0. The third-order valence-corrected chi connectivity index (χ3v) is 3.21. The minimum Gasteiger partial charge on any atom is -0.382 e. The Labute approximate surface area is 133 Å². The topological polar surface area (TPSA) is 82.0 Å². The Bertz CT molecular complexity index is 742. The second-order valence-corrected chi connectivity index (χ2v) is 5.20. The maximum atomic E-state index is 11.5. The van der Waals surface area contributed by atoms with Gasteiger partial charge in [-0.15, -0.1) is 0 Å². The lowest BCUT2D eigenvalue weighted by Gasteiger charge is -2.10. The summed E-state index contributed by atoms with van der Waals surface area (Å²) in [7, 11) is 3.38. The Morgan fingerprint density at radius 1 is 1.41 bits per heavy atom. The van der Waals surface area contributed by atoms with Gasteiger partial charge in [0.1, 0.15) is 5.15 Å². The molecule has 0 radical (unpaired) electrons. The number of carbonyl (C=O) groups excluding carboxylic acids is 1. The maximum Gasteiger partial charge on any atom is 0.241 e.